The van der Waals surface area contributed by atoms with Gasteiger partial charge in [0.2, 0.25) is 0 Å². The van der Waals surface area contributed by atoms with Crippen molar-refractivity contribution in [3.05, 3.63) is 71.5 Å². The summed E-state index contributed by atoms with van der Waals surface area (Å²) >= 11 is 0. The molecule has 144 valence electrons. The van der Waals surface area contributed by atoms with Crippen LogP contribution in [-0.4, -0.2) is 27.9 Å². The number of nitrogens with one attached hydrogen (secondary N) is 2. The van der Waals surface area contributed by atoms with Gasteiger partial charge < -0.3 is 15.3 Å². The second kappa shape index (κ2) is 6.46. The molecule has 29 heavy (non-hydrogen) atoms. The van der Waals surface area contributed by atoms with Crippen LogP contribution in [0.5, 0.6) is 0 Å². The van der Waals surface area contributed by atoms with Crippen LogP contribution in [0.3, 0.4) is 0 Å². The number of nitrogens with zero attached hydrogens (tertiary/aromatic N) is 1. The number of imide groups is 1. The molecular formula is C23H20N4O2. The topological polar surface area (TPSA) is 92.9 Å². The summed E-state index contributed by atoms with van der Waals surface area (Å²) in [6, 6.07) is 13.9. The third-order valence-corrected chi connectivity index (χ3v) is 5.47. The number of hydrogen-bond donors (Lipinski definition) is 3. The van der Waals surface area contributed by atoms with Crippen LogP contribution in [-0.2, 0) is 16.1 Å². The molecule has 3 heterocycles. The number of aromatic amines is 1. The molecule has 6 heteroatoms. The van der Waals surface area contributed by atoms with Crippen LogP contribution in [0.4, 0.5) is 0 Å². The van der Waals surface area contributed by atoms with Gasteiger partial charge in [0.15, 0.2) is 0 Å². The monoisotopic (exact) mass is 384 g/mol. The van der Waals surface area contributed by atoms with Crippen molar-refractivity contribution in [2.24, 2.45) is 5.73 Å². The molecular weight excluding hydrogens is 364 g/mol. The number of rotatable bonds is 4. The van der Waals surface area contributed by atoms with Gasteiger partial charge in [0.25, 0.3) is 11.8 Å². The number of hydrogen-bond acceptors (Lipinski definition) is 3. The maximum absolute atomic E-state index is 12.9. The smallest absolute Gasteiger partial charge is 0.259 e. The van der Waals surface area contributed by atoms with Gasteiger partial charge in [-0.25, -0.2) is 0 Å². The minimum Gasteiger partial charge on any atom is -0.361 e. The van der Waals surface area contributed by atoms with Crippen molar-refractivity contribution in [3.8, 4) is 0 Å². The normalized spacial score (nSPS) is 14.4. The van der Waals surface area contributed by atoms with Crippen LogP contribution >= 0.6 is 0 Å². The zero-order chi connectivity index (χ0) is 20.1. The molecule has 1 aliphatic rings. The maximum atomic E-state index is 12.9. The van der Waals surface area contributed by atoms with Gasteiger partial charge >= 0.3 is 0 Å². The first-order valence-electron chi connectivity index (χ1n) is 9.55. The van der Waals surface area contributed by atoms with E-state index in [-0.39, 0.29) is 11.8 Å². The van der Waals surface area contributed by atoms with Gasteiger partial charge in [0, 0.05) is 58.4 Å². The van der Waals surface area contributed by atoms with Crippen molar-refractivity contribution in [1.29, 1.82) is 0 Å². The first-order chi connectivity index (χ1) is 14.1. The Bertz CT molecular complexity index is 1340. The molecule has 4 N–H and O–H groups in total. The molecule has 0 atom stereocenters. The minimum atomic E-state index is -0.373. The summed E-state index contributed by atoms with van der Waals surface area (Å²) in [5, 5.41) is 4.34. The van der Waals surface area contributed by atoms with Gasteiger partial charge in [0.1, 0.15) is 0 Å². The van der Waals surface area contributed by atoms with E-state index in [9.17, 15) is 9.59 Å². The highest BCUT2D eigenvalue weighted by molar-refractivity contribution is 6.50. The third kappa shape index (κ3) is 2.61. The van der Waals surface area contributed by atoms with E-state index in [1.807, 2.05) is 60.2 Å². The molecule has 0 radical (unpaired) electrons. The molecule has 0 saturated carbocycles. The molecule has 2 aromatic carbocycles. The van der Waals surface area contributed by atoms with Crippen molar-refractivity contribution < 1.29 is 9.59 Å². The first kappa shape index (κ1) is 17.5. The van der Waals surface area contributed by atoms with Crippen molar-refractivity contribution in [2.45, 2.75) is 13.5 Å². The average Bonchev–Trinajstić information content (AvgIpc) is 3.35. The Morgan fingerprint density at radius 3 is 2.52 bits per heavy atom. The fourth-order valence-corrected chi connectivity index (χ4v) is 4.18. The Hall–Kier alpha value is -3.64. The number of fused-ring (bicyclic) bond motifs is 2. The molecule has 0 fully saturated rings. The van der Waals surface area contributed by atoms with Gasteiger partial charge in [-0.05, 0) is 25.1 Å². The molecule has 1 aliphatic heterocycles. The summed E-state index contributed by atoms with van der Waals surface area (Å²) in [6.07, 6.45) is 3.72. The van der Waals surface area contributed by atoms with E-state index in [0.717, 1.165) is 38.5 Å². The van der Waals surface area contributed by atoms with Gasteiger partial charge in [0.05, 0.1) is 11.1 Å². The van der Waals surface area contributed by atoms with E-state index in [2.05, 4.69) is 10.3 Å². The second-order valence-electron chi connectivity index (χ2n) is 7.33. The molecule has 6 nitrogen and oxygen atoms in total. The quantitative estimate of drug-likeness (QED) is 0.472. The summed E-state index contributed by atoms with van der Waals surface area (Å²) in [5.74, 6) is -0.745. The Morgan fingerprint density at radius 1 is 0.966 bits per heavy atom. The van der Waals surface area contributed by atoms with Gasteiger partial charge in [-0.1, -0.05) is 29.8 Å². The van der Waals surface area contributed by atoms with E-state index in [1.54, 1.807) is 6.20 Å². The van der Waals surface area contributed by atoms with Crippen LogP contribution in [0.15, 0.2) is 54.9 Å². The SMILES string of the molecule is Cc1ccc2c(c1)c(C1=C(c3c[nH]c4ccccc34)C(=O)NC1=O)cn2CCN. The van der Waals surface area contributed by atoms with Crippen LogP contribution in [0, 0.1) is 6.92 Å². The van der Waals surface area contributed by atoms with Gasteiger partial charge in [-0.3, -0.25) is 14.9 Å². The zero-order valence-corrected chi connectivity index (χ0v) is 16.0. The van der Waals surface area contributed by atoms with E-state index in [1.165, 1.54) is 0 Å². The molecule has 2 aromatic heterocycles. The predicted molar refractivity (Wildman–Crippen MR) is 114 cm³/mol. The van der Waals surface area contributed by atoms with Crippen molar-refractivity contribution >= 4 is 44.8 Å². The van der Waals surface area contributed by atoms with E-state index < -0.39 is 0 Å². The summed E-state index contributed by atoms with van der Waals surface area (Å²) in [4.78, 5) is 28.9. The maximum Gasteiger partial charge on any atom is 0.259 e. The fraction of sp³-hybridized carbons (Fsp3) is 0.130. The van der Waals surface area contributed by atoms with E-state index in [0.29, 0.717) is 24.2 Å². The highest BCUT2D eigenvalue weighted by Gasteiger charge is 2.35. The van der Waals surface area contributed by atoms with Crippen LogP contribution in [0.1, 0.15) is 16.7 Å². The molecule has 0 spiro atoms. The van der Waals surface area contributed by atoms with E-state index in [4.69, 9.17) is 5.73 Å². The predicted octanol–water partition coefficient (Wildman–Crippen LogP) is 2.96. The number of para-hydroxylation sites is 1. The molecule has 0 saturated heterocycles. The number of carbonyl (C=O) groups is 2. The van der Waals surface area contributed by atoms with Gasteiger partial charge in [-0.15, -0.1) is 0 Å². The molecule has 0 aliphatic carbocycles. The van der Waals surface area contributed by atoms with E-state index >= 15 is 0 Å². The Labute approximate surface area is 167 Å². The fourth-order valence-electron chi connectivity index (χ4n) is 4.18. The van der Waals surface area contributed by atoms with Crippen molar-refractivity contribution in [3.63, 3.8) is 0 Å². The second-order valence-corrected chi connectivity index (χ2v) is 7.33. The lowest BCUT2D eigenvalue weighted by molar-refractivity contribution is -0.122. The number of carbonyl (C=O) groups excluding carboxylic acids is 2. The van der Waals surface area contributed by atoms with Crippen LogP contribution in [0.2, 0.25) is 0 Å². The lowest BCUT2D eigenvalue weighted by Gasteiger charge is -2.03. The Morgan fingerprint density at radius 2 is 1.72 bits per heavy atom. The summed E-state index contributed by atoms with van der Waals surface area (Å²) < 4.78 is 2.04. The molecule has 4 aromatic rings. The Balaban J connectivity index is 1.84. The lowest BCUT2D eigenvalue weighted by Crippen LogP contribution is -2.22. The number of nitrogens with two attached hydrogens (primary N) is 1. The highest BCUT2D eigenvalue weighted by atomic mass is 16.2. The number of aryl methyl sites for hydroxylation is 1. The average molecular weight is 384 g/mol. The lowest BCUT2D eigenvalue weighted by atomic mass is 9.95. The highest BCUT2D eigenvalue weighted by Crippen LogP contribution is 2.38. The standard InChI is InChI=1S/C23H20N4O2/c1-13-6-7-19-15(10-13)17(12-27(19)9-8-24)21-20(22(28)26-23(21)29)16-11-25-18-5-3-2-4-14(16)18/h2-7,10-12,25H,8-9,24H2,1H3,(H,26,28,29). The summed E-state index contributed by atoms with van der Waals surface area (Å²) in [6.45, 7) is 3.12. The zero-order valence-electron chi connectivity index (χ0n) is 16.0. The van der Waals surface area contributed by atoms with Gasteiger partial charge in [-0.2, -0.15) is 0 Å². The first-order valence-corrected chi connectivity index (χ1v) is 9.55. The number of benzene rings is 2. The molecule has 0 bridgehead atoms. The van der Waals surface area contributed by atoms with Crippen molar-refractivity contribution in [2.75, 3.05) is 6.54 Å². The van der Waals surface area contributed by atoms with Crippen LogP contribution in [0.25, 0.3) is 33.0 Å². The number of aromatic nitrogens is 2. The minimum absolute atomic E-state index is 0.372. The van der Waals surface area contributed by atoms with Crippen LogP contribution < -0.4 is 11.1 Å². The number of H-pyrrole nitrogens is 1. The third-order valence-electron chi connectivity index (χ3n) is 5.47. The summed E-state index contributed by atoms with van der Waals surface area (Å²) in [5.41, 5.74) is 11.1. The molecule has 0 unspecified atom stereocenters. The van der Waals surface area contributed by atoms with Crippen molar-refractivity contribution in [1.82, 2.24) is 14.9 Å². The number of amides is 2. The molecule has 5 rings (SSSR count). The largest absolute Gasteiger partial charge is 0.361 e. The summed E-state index contributed by atoms with van der Waals surface area (Å²) in [7, 11) is 0. The molecule has 2 amide bonds. The Kier molecular flexibility index (Phi) is 3.89.